The zero-order chi connectivity index (χ0) is 24.6. The summed E-state index contributed by atoms with van der Waals surface area (Å²) < 4.78 is 68.8. The molecule has 1 atom stereocenters. The molecule has 0 saturated carbocycles. The summed E-state index contributed by atoms with van der Waals surface area (Å²) in [5.74, 6) is -2.99. The molecular weight excluding hydrogens is 475 g/mol. The van der Waals surface area contributed by atoms with Crippen LogP contribution in [0, 0.1) is 22.2 Å². The molecule has 0 saturated heterocycles. The van der Waals surface area contributed by atoms with Gasteiger partial charge in [0.1, 0.15) is 33.6 Å². The molecule has 1 aliphatic rings. The van der Waals surface area contributed by atoms with Gasteiger partial charge in [0.05, 0.1) is 29.1 Å². The average Bonchev–Trinajstić information content (AvgIpc) is 3.04. The summed E-state index contributed by atoms with van der Waals surface area (Å²) in [6.45, 7) is 3.08. The van der Waals surface area contributed by atoms with Crippen LogP contribution in [0.25, 0.3) is 11.3 Å². The number of hydrogen-bond donors (Lipinski definition) is 3. The van der Waals surface area contributed by atoms with Crippen LogP contribution in [0.1, 0.15) is 25.8 Å². The maximum absolute atomic E-state index is 14.5. The van der Waals surface area contributed by atoms with Gasteiger partial charge in [-0.1, -0.05) is 32.1 Å². The van der Waals surface area contributed by atoms with E-state index in [2.05, 4.69) is 25.5 Å². The number of aromatic nitrogens is 3. The van der Waals surface area contributed by atoms with Crippen LogP contribution < -0.4 is 10.2 Å². The summed E-state index contributed by atoms with van der Waals surface area (Å²) in [6.07, 6.45) is -2.33. The minimum Gasteiger partial charge on any atom is -0.356 e. The smallest absolute Gasteiger partial charge is 0.356 e. The number of halogens is 5. The first kappa shape index (κ1) is 23.9. The first-order valence-electron chi connectivity index (χ1n) is 10.5. The van der Waals surface area contributed by atoms with Crippen LogP contribution in [0.5, 0.6) is 0 Å². The van der Waals surface area contributed by atoms with Gasteiger partial charge in [0.2, 0.25) is 0 Å². The Morgan fingerprint density at radius 3 is 2.50 bits per heavy atom. The monoisotopic (exact) mass is 496 g/mol. The molecule has 1 aliphatic heterocycles. The molecule has 1 unspecified atom stereocenters. The van der Waals surface area contributed by atoms with Crippen molar-refractivity contribution >= 4 is 35.2 Å². The van der Waals surface area contributed by atoms with Gasteiger partial charge in [-0.15, -0.1) is 0 Å². The molecule has 3 aromatic rings. The molecule has 0 radical (unpaired) electrons. The predicted molar refractivity (Wildman–Crippen MR) is 123 cm³/mol. The van der Waals surface area contributed by atoms with Crippen LogP contribution in [0.2, 0.25) is 0 Å². The van der Waals surface area contributed by atoms with Gasteiger partial charge < -0.3 is 10.2 Å². The number of nitrogens with zero attached hydrogens (tertiary/aromatic N) is 3. The van der Waals surface area contributed by atoms with E-state index in [1.54, 1.807) is 11.0 Å². The Kier molecular flexibility index (Phi) is 6.43. The third kappa shape index (κ3) is 4.54. The van der Waals surface area contributed by atoms with Crippen LogP contribution >= 0.6 is 12.2 Å². The van der Waals surface area contributed by atoms with E-state index >= 15 is 0 Å². The van der Waals surface area contributed by atoms with Gasteiger partial charge in [0.25, 0.3) is 0 Å². The number of fused-ring (bicyclic) bond motifs is 3. The lowest BCUT2D eigenvalue weighted by molar-refractivity contribution is -0.166. The summed E-state index contributed by atoms with van der Waals surface area (Å²) in [6, 6.07) is 5.07. The molecule has 4 rings (SSSR count). The van der Waals surface area contributed by atoms with Gasteiger partial charge in [0.15, 0.2) is 0 Å². The molecular formula is C22H21F5N6S. The van der Waals surface area contributed by atoms with Gasteiger partial charge in [0, 0.05) is 18.7 Å². The van der Waals surface area contributed by atoms with Crippen LogP contribution in [-0.2, 0) is 0 Å². The molecule has 3 heterocycles. The van der Waals surface area contributed by atoms with Crippen molar-refractivity contribution < 1.29 is 22.0 Å². The number of amidine groups is 1. The Hall–Kier alpha value is -3.28. The van der Waals surface area contributed by atoms with Crippen molar-refractivity contribution in [2.24, 2.45) is 10.9 Å². The van der Waals surface area contributed by atoms with Gasteiger partial charge in [-0.3, -0.25) is 10.2 Å². The number of benzene rings is 1. The molecule has 0 spiro atoms. The van der Waals surface area contributed by atoms with Crippen LogP contribution in [-0.4, -0.2) is 40.3 Å². The highest BCUT2D eigenvalue weighted by Gasteiger charge is 2.37. The Balaban J connectivity index is 1.81. The number of aliphatic imine (C=N–C) groups is 1. The molecule has 6 nitrogen and oxygen atoms in total. The van der Waals surface area contributed by atoms with Crippen molar-refractivity contribution in [2.75, 3.05) is 23.3 Å². The van der Waals surface area contributed by atoms with Gasteiger partial charge in [-0.25, -0.2) is 18.8 Å². The van der Waals surface area contributed by atoms with E-state index in [4.69, 9.17) is 12.2 Å². The SMILES string of the molecule is CCCN(CC(C)C(F)(F)F)c1cc2c(cn1)NC(c1c(F)cccc1F)=Nc1c-2[nH][nH]c1=S. The minimum atomic E-state index is -4.34. The number of rotatable bonds is 6. The van der Waals surface area contributed by atoms with Crippen LogP contribution in [0.4, 0.5) is 39.1 Å². The van der Waals surface area contributed by atoms with Crippen molar-refractivity contribution in [3.63, 3.8) is 0 Å². The fourth-order valence-corrected chi connectivity index (χ4v) is 3.89. The summed E-state index contributed by atoms with van der Waals surface area (Å²) in [7, 11) is 0. The van der Waals surface area contributed by atoms with E-state index in [1.165, 1.54) is 12.3 Å². The van der Waals surface area contributed by atoms with Crippen molar-refractivity contribution in [1.82, 2.24) is 15.2 Å². The van der Waals surface area contributed by atoms with Crippen LogP contribution in [0.15, 0.2) is 35.5 Å². The Bertz CT molecular complexity index is 1280. The summed E-state index contributed by atoms with van der Waals surface area (Å²) in [4.78, 5) is 10.3. The second-order valence-electron chi connectivity index (χ2n) is 7.96. The molecule has 0 aliphatic carbocycles. The second-order valence-corrected chi connectivity index (χ2v) is 8.37. The molecule has 0 fully saturated rings. The first-order chi connectivity index (χ1) is 16.1. The molecule has 0 bridgehead atoms. The molecule has 3 N–H and O–H groups in total. The summed E-state index contributed by atoms with van der Waals surface area (Å²) >= 11 is 5.29. The van der Waals surface area contributed by atoms with E-state index in [9.17, 15) is 22.0 Å². The first-order valence-corrected chi connectivity index (χ1v) is 10.9. The standard InChI is InChI=1S/C22H21F5N6S/c1-3-7-33(10-11(2)22(25,26)27)16-8-12-15(9-28-16)29-20(17-13(23)5-4-6-14(17)24)30-19-18(12)31-32-21(19)34/h4-6,8-9,11H,3,7,10H2,1-2H3,(H,29,30)(H2,31,32,34). The van der Waals surface area contributed by atoms with E-state index in [1.807, 2.05) is 6.92 Å². The maximum atomic E-state index is 14.5. The third-order valence-electron chi connectivity index (χ3n) is 5.46. The van der Waals surface area contributed by atoms with Crippen molar-refractivity contribution in [1.29, 1.82) is 0 Å². The van der Waals surface area contributed by atoms with Gasteiger partial charge >= 0.3 is 6.18 Å². The third-order valence-corrected chi connectivity index (χ3v) is 5.75. The van der Waals surface area contributed by atoms with E-state index in [-0.39, 0.29) is 28.3 Å². The van der Waals surface area contributed by atoms with E-state index < -0.39 is 23.7 Å². The van der Waals surface area contributed by atoms with E-state index in [0.29, 0.717) is 35.7 Å². The average molecular weight is 497 g/mol. The minimum absolute atomic E-state index is 0.111. The number of anilines is 2. The fourth-order valence-electron chi connectivity index (χ4n) is 3.69. The van der Waals surface area contributed by atoms with Gasteiger partial charge in [-0.2, -0.15) is 13.2 Å². The number of pyridine rings is 1. The van der Waals surface area contributed by atoms with Crippen molar-refractivity contribution in [3.05, 3.63) is 52.3 Å². The molecule has 2 aromatic heterocycles. The number of alkyl halides is 3. The lowest BCUT2D eigenvalue weighted by Crippen LogP contribution is -2.36. The van der Waals surface area contributed by atoms with Crippen LogP contribution in [0.3, 0.4) is 0 Å². The molecule has 0 amide bonds. The zero-order valence-electron chi connectivity index (χ0n) is 18.2. The largest absolute Gasteiger partial charge is 0.393 e. The maximum Gasteiger partial charge on any atom is 0.393 e. The number of nitrogens with one attached hydrogen (secondary N) is 3. The normalized spacial score (nSPS) is 13.9. The topological polar surface area (TPSA) is 72.1 Å². The van der Waals surface area contributed by atoms with E-state index in [0.717, 1.165) is 19.1 Å². The highest BCUT2D eigenvalue weighted by molar-refractivity contribution is 7.71. The lowest BCUT2D eigenvalue weighted by atomic mass is 10.1. The fraction of sp³-hybridized carbons (Fsp3) is 0.318. The Morgan fingerprint density at radius 2 is 1.85 bits per heavy atom. The molecule has 12 heteroatoms. The van der Waals surface area contributed by atoms with Crippen molar-refractivity contribution in [2.45, 2.75) is 26.4 Å². The molecule has 34 heavy (non-hydrogen) atoms. The highest BCUT2D eigenvalue weighted by Crippen LogP contribution is 2.39. The summed E-state index contributed by atoms with van der Waals surface area (Å²) in [5.41, 5.74) is 1.13. The Morgan fingerprint density at radius 1 is 1.15 bits per heavy atom. The molecule has 1 aromatic carbocycles. The summed E-state index contributed by atoms with van der Waals surface area (Å²) in [5, 5.41) is 8.57. The highest BCUT2D eigenvalue weighted by atomic mass is 32.1. The number of H-pyrrole nitrogens is 2. The lowest BCUT2D eigenvalue weighted by Gasteiger charge is -2.28. The second kappa shape index (κ2) is 9.16. The zero-order valence-corrected chi connectivity index (χ0v) is 19.0. The quantitative estimate of drug-likeness (QED) is 0.275. The van der Waals surface area contributed by atoms with Crippen molar-refractivity contribution in [3.8, 4) is 11.3 Å². The van der Waals surface area contributed by atoms with Gasteiger partial charge in [-0.05, 0) is 24.6 Å². The predicted octanol–water partition coefficient (Wildman–Crippen LogP) is 6.33. The number of hydrogen-bond acceptors (Lipinski definition) is 5. The molecule has 180 valence electrons. The Labute approximate surface area is 196 Å². The number of aromatic amines is 2.